The van der Waals surface area contributed by atoms with Gasteiger partial charge in [0.25, 0.3) is 5.91 Å². The topological polar surface area (TPSA) is 90.1 Å². The van der Waals surface area contributed by atoms with Gasteiger partial charge in [0, 0.05) is 58.5 Å². The van der Waals surface area contributed by atoms with Crippen LogP contribution in [0.4, 0.5) is 5.69 Å². The van der Waals surface area contributed by atoms with Crippen molar-refractivity contribution in [3.8, 4) is 5.69 Å². The Balaban J connectivity index is 1.06. The second kappa shape index (κ2) is 11.6. The van der Waals surface area contributed by atoms with Gasteiger partial charge in [0.1, 0.15) is 12.2 Å². The number of carbonyl (C=O) groups is 1. The van der Waals surface area contributed by atoms with Crippen molar-refractivity contribution in [2.45, 2.75) is 51.1 Å². The van der Waals surface area contributed by atoms with E-state index in [1.54, 1.807) is 11.0 Å². The van der Waals surface area contributed by atoms with Crippen molar-refractivity contribution in [3.05, 3.63) is 86.5 Å². The average Bonchev–Trinajstić information content (AvgIpc) is 3.66. The van der Waals surface area contributed by atoms with Gasteiger partial charge >= 0.3 is 0 Å². The summed E-state index contributed by atoms with van der Waals surface area (Å²) in [6.07, 6.45) is 11.8. The number of benzene rings is 2. The number of halogens is 2. The molecule has 5 heterocycles. The lowest BCUT2D eigenvalue weighted by Gasteiger charge is -2.45. The molecule has 1 atom stereocenters. The van der Waals surface area contributed by atoms with E-state index in [-0.39, 0.29) is 17.8 Å². The van der Waals surface area contributed by atoms with Crippen LogP contribution in [0.2, 0.25) is 5.02 Å². The summed E-state index contributed by atoms with van der Waals surface area (Å²) in [5.74, 6) is 0.639. The average molecular weight is 698 g/mol. The van der Waals surface area contributed by atoms with Gasteiger partial charge in [0.15, 0.2) is 0 Å². The fraction of sp³-hybridized carbons (Fsp3) is 0.419. The molecular weight excluding hydrogens is 665 g/mol. The first-order valence-corrected chi connectivity index (χ1v) is 16.1. The summed E-state index contributed by atoms with van der Waals surface area (Å²) in [6.45, 7) is 4.39. The third kappa shape index (κ3) is 5.44. The highest BCUT2D eigenvalue weighted by molar-refractivity contribution is 14.1. The van der Waals surface area contributed by atoms with Crippen molar-refractivity contribution in [2.75, 3.05) is 31.2 Å². The molecule has 11 heteroatoms. The van der Waals surface area contributed by atoms with E-state index in [4.69, 9.17) is 16.3 Å². The molecule has 2 aromatic carbocycles. The van der Waals surface area contributed by atoms with Crippen molar-refractivity contribution < 1.29 is 9.53 Å². The lowest BCUT2D eigenvalue weighted by Crippen LogP contribution is -2.43. The van der Waals surface area contributed by atoms with Crippen molar-refractivity contribution >= 4 is 45.8 Å². The molecule has 2 saturated heterocycles. The first-order valence-electron chi connectivity index (χ1n) is 14.6. The van der Waals surface area contributed by atoms with E-state index in [9.17, 15) is 4.79 Å². The predicted octanol–water partition coefficient (Wildman–Crippen LogP) is 5.58. The quantitative estimate of drug-likeness (QED) is 0.274. The zero-order valence-electron chi connectivity index (χ0n) is 23.3. The zero-order chi connectivity index (χ0) is 28.7. The van der Waals surface area contributed by atoms with Crippen LogP contribution in [0, 0.1) is 8.99 Å². The monoisotopic (exact) mass is 697 g/mol. The molecule has 218 valence electrons. The number of aromatic nitrogens is 5. The van der Waals surface area contributed by atoms with E-state index in [0.29, 0.717) is 17.0 Å². The molecule has 0 saturated carbocycles. The number of imidazole rings is 1. The summed E-state index contributed by atoms with van der Waals surface area (Å²) in [6, 6.07) is 12.3. The maximum Gasteiger partial charge on any atom is 0.291 e. The van der Waals surface area contributed by atoms with Crippen LogP contribution in [-0.2, 0) is 17.7 Å². The van der Waals surface area contributed by atoms with Crippen LogP contribution in [0.15, 0.2) is 55.1 Å². The number of aryl methyl sites for hydroxylation is 1. The normalized spacial score (nSPS) is 19.7. The number of nitrogens with zero attached hydrogens (tertiary/aromatic N) is 6. The number of nitrogens with one attached hydrogen (secondary N) is 1. The Kier molecular flexibility index (Phi) is 7.70. The van der Waals surface area contributed by atoms with Gasteiger partial charge in [-0.15, -0.1) is 5.10 Å². The van der Waals surface area contributed by atoms with Gasteiger partial charge < -0.3 is 19.5 Å². The van der Waals surface area contributed by atoms with Crippen molar-refractivity contribution in [1.29, 1.82) is 0 Å². The molecule has 0 aliphatic carbocycles. The summed E-state index contributed by atoms with van der Waals surface area (Å²) in [5, 5.41) is 8.27. The highest BCUT2D eigenvalue weighted by atomic mass is 127. The van der Waals surface area contributed by atoms with Crippen LogP contribution < -0.4 is 10.2 Å². The molecule has 4 aromatic rings. The second-order valence-electron chi connectivity index (χ2n) is 11.6. The summed E-state index contributed by atoms with van der Waals surface area (Å²) in [5.41, 5.74) is 5.05. The minimum Gasteiger partial charge on any atom is -0.381 e. The Morgan fingerprint density at radius 1 is 1.12 bits per heavy atom. The number of fused-ring (bicyclic) bond motifs is 3. The molecule has 1 amide bonds. The molecular formula is C31H33ClIN7O2. The Morgan fingerprint density at radius 3 is 2.76 bits per heavy atom. The number of hydrogen-bond acceptors (Lipinski definition) is 6. The fourth-order valence-corrected chi connectivity index (χ4v) is 7.68. The number of amides is 1. The predicted molar refractivity (Wildman–Crippen MR) is 169 cm³/mol. The van der Waals surface area contributed by atoms with E-state index in [1.807, 2.05) is 30.6 Å². The van der Waals surface area contributed by atoms with Gasteiger partial charge in [-0.1, -0.05) is 23.7 Å². The molecule has 7 rings (SSSR count). The maximum atomic E-state index is 13.3. The van der Waals surface area contributed by atoms with Crippen molar-refractivity contribution in [2.24, 2.45) is 5.41 Å². The Hall–Kier alpha value is -2.96. The van der Waals surface area contributed by atoms with Crippen LogP contribution in [0.3, 0.4) is 0 Å². The second-order valence-corrected chi connectivity index (χ2v) is 13.2. The first kappa shape index (κ1) is 27.8. The summed E-state index contributed by atoms with van der Waals surface area (Å²) < 4.78 is 10.5. The number of rotatable bonds is 5. The van der Waals surface area contributed by atoms with E-state index < -0.39 is 0 Å². The van der Waals surface area contributed by atoms with E-state index in [0.717, 1.165) is 59.8 Å². The number of ether oxygens (including phenoxy) is 1. The van der Waals surface area contributed by atoms with Gasteiger partial charge in [-0.25, -0.2) is 14.6 Å². The largest absolute Gasteiger partial charge is 0.381 e. The molecule has 3 aliphatic heterocycles. The summed E-state index contributed by atoms with van der Waals surface area (Å²) in [7, 11) is 0. The summed E-state index contributed by atoms with van der Waals surface area (Å²) >= 11 is 8.65. The number of hydrogen-bond donors (Lipinski definition) is 1. The Bertz CT molecular complexity index is 1580. The molecule has 1 spiro atoms. The first-order chi connectivity index (χ1) is 20.5. The SMILES string of the molecule is O=C(NC1CCc2ccc(N3CCC4(CCOCC4)CC3)cc2-n2ccnc21)c1ncn(Cc2c(Cl)cccc2I)n1. The number of anilines is 1. The number of carbonyl (C=O) groups excluding carboxylic acids is 1. The van der Waals surface area contributed by atoms with Crippen LogP contribution in [0.1, 0.15) is 65.7 Å². The smallest absolute Gasteiger partial charge is 0.291 e. The van der Waals surface area contributed by atoms with Crippen molar-refractivity contribution in [1.82, 2.24) is 29.6 Å². The van der Waals surface area contributed by atoms with Gasteiger partial charge in [0.2, 0.25) is 5.82 Å². The van der Waals surface area contributed by atoms with Gasteiger partial charge in [-0.05, 0) is 96.4 Å². The van der Waals surface area contributed by atoms with Gasteiger partial charge in [-0.3, -0.25) is 4.79 Å². The maximum absolute atomic E-state index is 13.3. The molecule has 9 nitrogen and oxygen atoms in total. The number of piperidine rings is 1. The molecule has 2 fully saturated rings. The highest BCUT2D eigenvalue weighted by Gasteiger charge is 2.36. The Morgan fingerprint density at radius 2 is 1.95 bits per heavy atom. The minimum absolute atomic E-state index is 0.131. The third-order valence-corrected chi connectivity index (χ3v) is 10.5. The van der Waals surface area contributed by atoms with Crippen LogP contribution in [-0.4, -0.2) is 56.5 Å². The molecule has 1 N–H and O–H groups in total. The van der Waals surface area contributed by atoms with Gasteiger partial charge in [-0.2, -0.15) is 0 Å². The fourth-order valence-electron chi connectivity index (χ4n) is 6.61. The Labute approximate surface area is 263 Å². The van der Waals surface area contributed by atoms with Crippen LogP contribution >= 0.6 is 34.2 Å². The lowest BCUT2D eigenvalue weighted by atomic mass is 9.72. The standard InChI is InChI=1S/C31H33ClIN7O2/c32-24-2-1-3-25(33)23(24)19-39-20-35-28(37-39)30(41)36-26-7-5-21-4-6-22(18-27(21)40-15-12-34-29(26)40)38-13-8-31(9-14-38)10-16-42-17-11-31/h1-4,6,12,15,18,20,26H,5,7-11,13-14,16-17,19H2,(H,36,41). The van der Waals surface area contributed by atoms with E-state index >= 15 is 0 Å². The molecule has 42 heavy (non-hydrogen) atoms. The van der Waals surface area contributed by atoms with E-state index in [2.05, 4.69) is 70.6 Å². The highest BCUT2D eigenvalue weighted by Crippen LogP contribution is 2.42. The van der Waals surface area contributed by atoms with Crippen LogP contribution in [0.5, 0.6) is 0 Å². The summed E-state index contributed by atoms with van der Waals surface area (Å²) in [4.78, 5) is 24.8. The van der Waals surface area contributed by atoms with Crippen molar-refractivity contribution in [3.63, 3.8) is 0 Å². The zero-order valence-corrected chi connectivity index (χ0v) is 26.2. The molecule has 3 aliphatic rings. The third-order valence-electron chi connectivity index (χ3n) is 9.18. The van der Waals surface area contributed by atoms with Crippen LogP contribution in [0.25, 0.3) is 5.69 Å². The van der Waals surface area contributed by atoms with Gasteiger partial charge in [0.05, 0.1) is 18.3 Å². The lowest BCUT2D eigenvalue weighted by molar-refractivity contribution is 0.00212. The molecule has 1 unspecified atom stereocenters. The minimum atomic E-state index is -0.316. The van der Waals surface area contributed by atoms with E-state index in [1.165, 1.54) is 36.9 Å². The molecule has 0 radical (unpaired) electrons. The molecule has 2 aromatic heterocycles. The molecule has 0 bridgehead atoms.